The van der Waals surface area contributed by atoms with Crippen LogP contribution in [0.3, 0.4) is 0 Å². The molecule has 2 aromatic carbocycles. The fraction of sp³-hybridized carbons (Fsp3) is 0.211. The fourth-order valence-corrected chi connectivity index (χ4v) is 4.70. The standard InChI is InChI=1S/C19H18BrF3N2O3S/c1-3-10-25(12-18(26)24-16-9-8-13(2)11-15(16)20)29(27,28)17-7-5-4-6-14(17)19(21,22)23/h3-9,11H,1,10,12H2,2H3,(H,24,26). The van der Waals surface area contributed by atoms with Crippen LogP contribution in [0, 0.1) is 6.92 Å². The number of carbonyl (C=O) groups excluding carboxylic acids is 1. The molecular weight excluding hydrogens is 473 g/mol. The highest BCUT2D eigenvalue weighted by Gasteiger charge is 2.39. The number of nitrogens with zero attached hydrogens (tertiary/aromatic N) is 1. The van der Waals surface area contributed by atoms with E-state index in [0.29, 0.717) is 20.5 Å². The summed E-state index contributed by atoms with van der Waals surface area (Å²) in [6, 6.07) is 8.97. The smallest absolute Gasteiger partial charge is 0.324 e. The SMILES string of the molecule is C=CCN(CC(=O)Nc1ccc(C)cc1Br)S(=O)(=O)c1ccccc1C(F)(F)F. The zero-order chi connectivity index (χ0) is 21.8. The summed E-state index contributed by atoms with van der Waals surface area (Å²) in [4.78, 5) is 11.5. The molecule has 156 valence electrons. The lowest BCUT2D eigenvalue weighted by Gasteiger charge is -2.22. The highest BCUT2D eigenvalue weighted by Crippen LogP contribution is 2.35. The molecule has 0 saturated heterocycles. The molecule has 0 fully saturated rings. The van der Waals surface area contributed by atoms with E-state index in [4.69, 9.17) is 0 Å². The largest absolute Gasteiger partial charge is 0.417 e. The van der Waals surface area contributed by atoms with Crippen LogP contribution in [0.2, 0.25) is 0 Å². The Kier molecular flexibility index (Phi) is 7.25. The van der Waals surface area contributed by atoms with Gasteiger partial charge in [-0.2, -0.15) is 17.5 Å². The minimum Gasteiger partial charge on any atom is -0.324 e. The van der Waals surface area contributed by atoms with Crippen molar-refractivity contribution in [1.29, 1.82) is 0 Å². The monoisotopic (exact) mass is 490 g/mol. The first-order chi connectivity index (χ1) is 13.5. The van der Waals surface area contributed by atoms with Gasteiger partial charge in [0.25, 0.3) is 0 Å². The van der Waals surface area contributed by atoms with Gasteiger partial charge in [0.15, 0.2) is 0 Å². The third-order valence-electron chi connectivity index (χ3n) is 3.86. The number of benzene rings is 2. The molecule has 1 N–H and O–H groups in total. The normalized spacial score (nSPS) is 12.1. The van der Waals surface area contributed by atoms with Crippen LogP contribution < -0.4 is 5.32 Å². The lowest BCUT2D eigenvalue weighted by molar-refractivity contribution is -0.139. The van der Waals surface area contributed by atoms with Crippen LogP contribution in [0.25, 0.3) is 0 Å². The Morgan fingerprint density at radius 2 is 1.90 bits per heavy atom. The van der Waals surface area contributed by atoms with Gasteiger partial charge in [-0.1, -0.05) is 24.3 Å². The maximum absolute atomic E-state index is 13.3. The summed E-state index contributed by atoms with van der Waals surface area (Å²) in [5.74, 6) is -0.704. The Morgan fingerprint density at radius 3 is 2.48 bits per heavy atom. The van der Waals surface area contributed by atoms with Gasteiger partial charge in [0.05, 0.1) is 22.7 Å². The molecule has 5 nitrogen and oxygen atoms in total. The summed E-state index contributed by atoms with van der Waals surface area (Å²) < 4.78 is 66.8. The predicted octanol–water partition coefficient (Wildman–Crippen LogP) is 4.59. The molecule has 0 atom stereocenters. The van der Waals surface area contributed by atoms with Crippen LogP contribution >= 0.6 is 15.9 Å². The van der Waals surface area contributed by atoms with Crippen molar-refractivity contribution in [3.8, 4) is 0 Å². The van der Waals surface area contributed by atoms with Gasteiger partial charge < -0.3 is 5.32 Å². The van der Waals surface area contributed by atoms with E-state index in [-0.39, 0.29) is 6.54 Å². The Hall–Kier alpha value is -2.17. The van der Waals surface area contributed by atoms with Crippen LogP contribution in [0.5, 0.6) is 0 Å². The maximum Gasteiger partial charge on any atom is 0.417 e. The lowest BCUT2D eigenvalue weighted by Crippen LogP contribution is -2.38. The highest BCUT2D eigenvalue weighted by molar-refractivity contribution is 9.10. The van der Waals surface area contributed by atoms with E-state index in [1.807, 2.05) is 6.92 Å². The third kappa shape index (κ3) is 5.68. The van der Waals surface area contributed by atoms with Crippen LogP contribution in [0.4, 0.5) is 18.9 Å². The minimum absolute atomic E-state index is 0.336. The summed E-state index contributed by atoms with van der Waals surface area (Å²) in [5.41, 5.74) is 0.0532. The second-order valence-electron chi connectivity index (χ2n) is 6.11. The van der Waals surface area contributed by atoms with Crippen LogP contribution in [0.1, 0.15) is 11.1 Å². The number of nitrogens with one attached hydrogen (secondary N) is 1. The summed E-state index contributed by atoms with van der Waals surface area (Å²) in [7, 11) is -4.61. The van der Waals surface area contributed by atoms with Crippen molar-refractivity contribution in [2.45, 2.75) is 18.0 Å². The summed E-state index contributed by atoms with van der Waals surface area (Å²) in [5, 5.41) is 2.55. The first-order valence-electron chi connectivity index (χ1n) is 8.30. The van der Waals surface area contributed by atoms with Gasteiger partial charge in [-0.15, -0.1) is 6.58 Å². The van der Waals surface area contributed by atoms with Crippen LogP contribution in [0.15, 0.2) is 64.5 Å². The zero-order valence-corrected chi connectivity index (χ0v) is 17.7. The van der Waals surface area contributed by atoms with Crippen molar-refractivity contribution < 1.29 is 26.4 Å². The zero-order valence-electron chi connectivity index (χ0n) is 15.3. The molecule has 0 aliphatic rings. The second kappa shape index (κ2) is 9.10. The van der Waals surface area contributed by atoms with Crippen molar-refractivity contribution in [2.75, 3.05) is 18.4 Å². The quantitative estimate of drug-likeness (QED) is 0.577. The number of amides is 1. The molecule has 29 heavy (non-hydrogen) atoms. The van der Waals surface area contributed by atoms with Crippen LogP contribution in [-0.4, -0.2) is 31.7 Å². The number of hydrogen-bond donors (Lipinski definition) is 1. The molecular formula is C19H18BrF3N2O3S. The van der Waals surface area contributed by atoms with Crippen molar-refractivity contribution in [2.24, 2.45) is 0 Å². The lowest BCUT2D eigenvalue weighted by atomic mass is 10.2. The molecule has 0 unspecified atom stereocenters. The van der Waals surface area contributed by atoms with E-state index in [2.05, 4.69) is 27.8 Å². The Morgan fingerprint density at radius 1 is 1.24 bits per heavy atom. The van der Waals surface area contributed by atoms with Gasteiger partial charge in [0, 0.05) is 11.0 Å². The molecule has 0 radical (unpaired) electrons. The average molecular weight is 491 g/mol. The van der Waals surface area contributed by atoms with Crippen molar-refractivity contribution >= 4 is 37.5 Å². The highest BCUT2D eigenvalue weighted by atomic mass is 79.9. The Balaban J connectivity index is 2.33. The molecule has 0 saturated carbocycles. The molecule has 0 spiro atoms. The van der Waals surface area contributed by atoms with Crippen molar-refractivity contribution in [3.63, 3.8) is 0 Å². The van der Waals surface area contributed by atoms with Crippen LogP contribution in [-0.2, 0) is 21.0 Å². The van der Waals surface area contributed by atoms with Gasteiger partial charge >= 0.3 is 6.18 Å². The fourth-order valence-electron chi connectivity index (χ4n) is 2.53. The molecule has 0 heterocycles. The average Bonchev–Trinajstić information content (AvgIpc) is 2.63. The molecule has 0 aliphatic heterocycles. The number of carbonyl (C=O) groups is 1. The van der Waals surface area contributed by atoms with Gasteiger partial charge in [0.1, 0.15) is 0 Å². The summed E-state index contributed by atoms with van der Waals surface area (Å²) in [6.07, 6.45) is -3.67. The van der Waals surface area contributed by atoms with E-state index < -0.39 is 39.1 Å². The molecule has 10 heteroatoms. The number of anilines is 1. The Bertz CT molecular complexity index is 1020. The van der Waals surface area contributed by atoms with Gasteiger partial charge in [0.2, 0.25) is 15.9 Å². The van der Waals surface area contributed by atoms with Gasteiger partial charge in [-0.05, 0) is 52.7 Å². The number of rotatable bonds is 7. The third-order valence-corrected chi connectivity index (χ3v) is 6.39. The minimum atomic E-state index is -4.86. The molecule has 0 aromatic heterocycles. The number of sulfonamides is 1. The predicted molar refractivity (Wildman–Crippen MR) is 108 cm³/mol. The Labute approximate surface area is 175 Å². The second-order valence-corrected chi connectivity index (χ2v) is 8.87. The van der Waals surface area contributed by atoms with E-state index in [0.717, 1.165) is 17.7 Å². The first kappa shape index (κ1) is 23.1. The van der Waals surface area contributed by atoms with Crippen molar-refractivity contribution in [1.82, 2.24) is 4.31 Å². The molecule has 0 bridgehead atoms. The molecule has 2 rings (SSSR count). The first-order valence-corrected chi connectivity index (χ1v) is 10.5. The van der Waals surface area contributed by atoms with E-state index in [1.165, 1.54) is 12.1 Å². The van der Waals surface area contributed by atoms with Crippen molar-refractivity contribution in [3.05, 3.63) is 70.7 Å². The summed E-state index contributed by atoms with van der Waals surface area (Å²) in [6.45, 7) is 4.26. The molecule has 2 aromatic rings. The maximum atomic E-state index is 13.3. The number of halogens is 4. The topological polar surface area (TPSA) is 66.5 Å². The van der Waals surface area contributed by atoms with Gasteiger partial charge in [-0.3, -0.25) is 4.79 Å². The number of alkyl halides is 3. The van der Waals surface area contributed by atoms with E-state index in [1.54, 1.807) is 18.2 Å². The molecule has 1 amide bonds. The number of hydrogen-bond acceptors (Lipinski definition) is 3. The number of aryl methyl sites for hydroxylation is 1. The summed E-state index contributed by atoms with van der Waals surface area (Å²) >= 11 is 3.29. The molecule has 0 aliphatic carbocycles. The van der Waals surface area contributed by atoms with Gasteiger partial charge in [-0.25, -0.2) is 8.42 Å². The van der Waals surface area contributed by atoms with E-state index >= 15 is 0 Å². The van der Waals surface area contributed by atoms with E-state index in [9.17, 15) is 26.4 Å².